The average molecular weight is 387 g/mol. The second kappa shape index (κ2) is 6.65. The molecule has 1 heterocycles. The van der Waals surface area contributed by atoms with E-state index >= 15 is 0 Å². The summed E-state index contributed by atoms with van der Waals surface area (Å²) in [6.45, 7) is 6.42. The van der Waals surface area contributed by atoms with Crippen LogP contribution >= 0.6 is 0 Å². The molecule has 1 saturated heterocycles. The van der Waals surface area contributed by atoms with Gasteiger partial charge in [-0.15, -0.1) is 0 Å². The Hall–Kier alpha value is -1.23. The van der Waals surface area contributed by atoms with E-state index in [1.807, 2.05) is 0 Å². The van der Waals surface area contributed by atoms with Crippen LogP contribution in [0.2, 0.25) is 0 Å². The first-order valence-corrected chi connectivity index (χ1v) is 11.4. The predicted molar refractivity (Wildman–Crippen MR) is 107 cm³/mol. The molecule has 5 nitrogen and oxygen atoms in total. The molecule has 0 bridgehead atoms. The lowest BCUT2D eigenvalue weighted by atomic mass is 9.45. The number of oxime groups is 1. The maximum atomic E-state index is 13.3. The molecule has 5 rings (SSSR count). The first kappa shape index (κ1) is 18.8. The topological polar surface area (TPSA) is 67.8 Å². The smallest absolute Gasteiger partial charge is 0.141 e. The van der Waals surface area contributed by atoms with Gasteiger partial charge in [0, 0.05) is 37.1 Å². The van der Waals surface area contributed by atoms with Crippen molar-refractivity contribution in [2.45, 2.75) is 77.7 Å². The molecule has 7 atom stereocenters. The highest BCUT2D eigenvalue weighted by atomic mass is 16.6. The third kappa shape index (κ3) is 2.72. The highest BCUT2D eigenvalue weighted by Crippen LogP contribution is 2.64. The fraction of sp³-hybridized carbons (Fsp3) is 0.870. The molecule has 5 heteroatoms. The molecular weight excluding hydrogens is 352 g/mol. The van der Waals surface area contributed by atoms with Crippen molar-refractivity contribution < 1.29 is 14.4 Å². The number of carbonyl (C=O) groups excluding carboxylic acids is 2. The minimum Gasteiger partial charge on any atom is -0.391 e. The van der Waals surface area contributed by atoms with Crippen molar-refractivity contribution in [2.24, 2.45) is 39.7 Å². The fourth-order valence-electron chi connectivity index (χ4n) is 7.57. The zero-order valence-corrected chi connectivity index (χ0v) is 17.3. The van der Waals surface area contributed by atoms with Crippen LogP contribution in [0.25, 0.3) is 0 Å². The molecule has 5 aliphatic rings. The van der Waals surface area contributed by atoms with Crippen LogP contribution in [0.5, 0.6) is 0 Å². The molecule has 0 spiro atoms. The van der Waals surface area contributed by atoms with Crippen LogP contribution in [0.15, 0.2) is 5.16 Å². The quantitative estimate of drug-likeness (QED) is 0.738. The Balaban J connectivity index is 1.35. The van der Waals surface area contributed by atoms with E-state index in [2.05, 4.69) is 24.3 Å². The molecule has 5 fully saturated rings. The van der Waals surface area contributed by atoms with Crippen LogP contribution in [-0.4, -0.2) is 36.5 Å². The number of hydrogen-bond acceptors (Lipinski definition) is 5. The first-order chi connectivity index (χ1) is 13.4. The molecule has 154 valence electrons. The number of ketones is 2. The fourth-order valence-corrected chi connectivity index (χ4v) is 7.57. The molecule has 0 aromatic heterocycles. The number of carbonyl (C=O) groups is 2. The molecule has 4 saturated carbocycles. The van der Waals surface area contributed by atoms with Crippen molar-refractivity contribution in [1.82, 2.24) is 5.32 Å². The van der Waals surface area contributed by atoms with Crippen LogP contribution in [0.3, 0.4) is 0 Å². The number of Topliss-reactive ketones (excluding diaryl/α,β-unsaturated/α-hetero) is 2. The van der Waals surface area contributed by atoms with Crippen molar-refractivity contribution in [3.63, 3.8) is 0 Å². The maximum Gasteiger partial charge on any atom is 0.141 e. The average Bonchev–Trinajstić information content (AvgIpc) is 3.29. The van der Waals surface area contributed by atoms with E-state index in [-0.39, 0.29) is 22.9 Å². The van der Waals surface area contributed by atoms with E-state index in [0.29, 0.717) is 35.7 Å². The van der Waals surface area contributed by atoms with Crippen LogP contribution in [0.4, 0.5) is 0 Å². The molecule has 28 heavy (non-hydrogen) atoms. The third-order valence-corrected chi connectivity index (χ3v) is 9.35. The minimum atomic E-state index is -0.158. The van der Waals surface area contributed by atoms with E-state index in [4.69, 9.17) is 4.84 Å². The molecular formula is C23H34N2O3. The summed E-state index contributed by atoms with van der Waals surface area (Å²) in [6, 6.07) is 0. The number of fused-ring (bicyclic) bond motifs is 5. The molecule has 2 unspecified atom stereocenters. The van der Waals surface area contributed by atoms with Gasteiger partial charge in [-0.25, -0.2) is 0 Å². The Morgan fingerprint density at radius 2 is 1.89 bits per heavy atom. The summed E-state index contributed by atoms with van der Waals surface area (Å²) in [7, 11) is 0. The zero-order valence-electron chi connectivity index (χ0n) is 17.3. The Morgan fingerprint density at radius 3 is 2.68 bits per heavy atom. The van der Waals surface area contributed by atoms with Crippen LogP contribution in [0, 0.1) is 34.5 Å². The standard InChI is InChI=1S/C23H34N2O3/c1-22-8-5-14(25-28-15-7-10-24-13-15)11-19(22)20(26)12-16-17-3-4-21(27)23(17,2)9-6-18(16)22/h15-19,24H,3-13H2,1-2H3/b25-14+/t15?,16-,17-,18-,19?,22+,23-/m0/s1. The van der Waals surface area contributed by atoms with Gasteiger partial charge in [-0.2, -0.15) is 0 Å². The summed E-state index contributed by atoms with van der Waals surface area (Å²) in [5.41, 5.74) is 0.994. The molecule has 0 amide bonds. The summed E-state index contributed by atoms with van der Waals surface area (Å²) >= 11 is 0. The van der Waals surface area contributed by atoms with E-state index in [9.17, 15) is 9.59 Å². The summed E-state index contributed by atoms with van der Waals surface area (Å²) < 4.78 is 0. The lowest BCUT2D eigenvalue weighted by molar-refractivity contribution is -0.152. The van der Waals surface area contributed by atoms with Gasteiger partial charge in [-0.05, 0) is 68.2 Å². The Kier molecular flexibility index (Phi) is 4.46. The SMILES string of the molecule is C[C@]12CC/C(=N\OC3CCNC3)CC1C(=O)C[C@@H]1[C@@H]2CC[C@]2(C)C(=O)CC[C@@H]12. The number of nitrogens with zero attached hydrogens (tertiary/aromatic N) is 1. The zero-order chi connectivity index (χ0) is 19.5. The Labute approximate surface area is 168 Å². The van der Waals surface area contributed by atoms with Crippen molar-refractivity contribution >= 4 is 17.3 Å². The second-order valence-electron chi connectivity index (χ2n) is 10.6. The van der Waals surface area contributed by atoms with Crippen LogP contribution in [-0.2, 0) is 14.4 Å². The molecule has 0 aromatic carbocycles. The minimum absolute atomic E-state index is 0.0703. The van der Waals surface area contributed by atoms with Crippen molar-refractivity contribution in [3.05, 3.63) is 0 Å². The van der Waals surface area contributed by atoms with Gasteiger partial charge in [0.2, 0.25) is 0 Å². The number of rotatable bonds is 2. The van der Waals surface area contributed by atoms with Gasteiger partial charge in [-0.1, -0.05) is 19.0 Å². The van der Waals surface area contributed by atoms with Crippen molar-refractivity contribution in [1.29, 1.82) is 0 Å². The normalized spacial score (nSPS) is 49.6. The van der Waals surface area contributed by atoms with E-state index in [1.54, 1.807) is 0 Å². The number of nitrogens with one attached hydrogen (secondary N) is 1. The molecule has 0 radical (unpaired) electrons. The van der Waals surface area contributed by atoms with Gasteiger partial charge in [0.1, 0.15) is 17.7 Å². The Morgan fingerprint density at radius 1 is 1.04 bits per heavy atom. The highest BCUT2D eigenvalue weighted by molar-refractivity contribution is 5.93. The molecule has 4 aliphatic carbocycles. The summed E-state index contributed by atoms with van der Waals surface area (Å²) in [4.78, 5) is 31.6. The van der Waals surface area contributed by atoms with Gasteiger partial charge in [-0.3, -0.25) is 9.59 Å². The lowest BCUT2D eigenvalue weighted by Crippen LogP contribution is -2.56. The van der Waals surface area contributed by atoms with Crippen LogP contribution in [0.1, 0.15) is 71.6 Å². The van der Waals surface area contributed by atoms with E-state index in [1.165, 1.54) is 0 Å². The monoisotopic (exact) mass is 386 g/mol. The summed E-state index contributed by atoms with van der Waals surface area (Å²) in [5, 5.41) is 7.78. The van der Waals surface area contributed by atoms with E-state index in [0.717, 1.165) is 70.2 Å². The molecule has 1 aliphatic heterocycles. The number of hydrogen-bond donors (Lipinski definition) is 1. The van der Waals surface area contributed by atoms with Gasteiger partial charge >= 0.3 is 0 Å². The Bertz CT molecular complexity index is 713. The van der Waals surface area contributed by atoms with Gasteiger partial charge in [0.05, 0.1) is 5.71 Å². The largest absolute Gasteiger partial charge is 0.391 e. The van der Waals surface area contributed by atoms with Crippen molar-refractivity contribution in [3.8, 4) is 0 Å². The summed E-state index contributed by atoms with van der Waals surface area (Å²) in [6.07, 6.45) is 8.50. The van der Waals surface area contributed by atoms with Gasteiger partial charge in [0.25, 0.3) is 0 Å². The predicted octanol–water partition coefficient (Wildman–Crippen LogP) is 3.51. The van der Waals surface area contributed by atoms with Crippen molar-refractivity contribution in [2.75, 3.05) is 13.1 Å². The summed E-state index contributed by atoms with van der Waals surface area (Å²) in [5.74, 6) is 2.38. The highest BCUT2D eigenvalue weighted by Gasteiger charge is 2.62. The lowest BCUT2D eigenvalue weighted by Gasteiger charge is -2.58. The first-order valence-electron chi connectivity index (χ1n) is 11.4. The molecule has 1 N–H and O–H groups in total. The van der Waals surface area contributed by atoms with E-state index < -0.39 is 0 Å². The molecule has 0 aromatic rings. The van der Waals surface area contributed by atoms with Gasteiger partial charge in [0.15, 0.2) is 0 Å². The maximum absolute atomic E-state index is 13.3. The van der Waals surface area contributed by atoms with Crippen LogP contribution < -0.4 is 5.32 Å². The second-order valence-corrected chi connectivity index (χ2v) is 10.6. The van der Waals surface area contributed by atoms with Gasteiger partial charge < -0.3 is 10.2 Å². The third-order valence-electron chi connectivity index (χ3n) is 9.35.